The van der Waals surface area contributed by atoms with E-state index in [2.05, 4.69) is 0 Å². The molecule has 0 unspecified atom stereocenters. The van der Waals surface area contributed by atoms with Gasteiger partial charge in [-0.2, -0.15) is 26.3 Å². The molecule has 1 atom stereocenters. The van der Waals surface area contributed by atoms with Crippen molar-refractivity contribution in [1.82, 2.24) is 9.80 Å². The fourth-order valence-corrected chi connectivity index (χ4v) is 3.88. The molecular weight excluding hydrogens is 450 g/mol. The highest BCUT2D eigenvalue weighted by molar-refractivity contribution is 5.95. The predicted molar refractivity (Wildman–Crippen MR) is 108 cm³/mol. The van der Waals surface area contributed by atoms with Crippen LogP contribution in [0.1, 0.15) is 40.4 Å². The Morgan fingerprint density at radius 3 is 2.00 bits per heavy atom. The first-order valence-electron chi connectivity index (χ1n) is 10.3. The number of alkyl halides is 6. The van der Waals surface area contributed by atoms with Gasteiger partial charge < -0.3 is 9.80 Å². The standard InChI is InChI=1S/C23H22F6N2O2/c1-2-20(32)30-8-9-31(19(14-30)10-15-6-4-3-5-7-15)21(33)16-11-17(22(24,25)26)13-18(12-16)23(27,28)29/h3-7,11-13,19H,2,8-10,14H2,1H3/t19-/m1/s1. The Hall–Kier alpha value is -3.04. The smallest absolute Gasteiger partial charge is 0.339 e. The molecule has 1 aliphatic rings. The van der Waals surface area contributed by atoms with E-state index in [-0.39, 0.29) is 38.0 Å². The number of rotatable bonds is 4. The summed E-state index contributed by atoms with van der Waals surface area (Å²) in [6, 6.07) is 9.24. The highest BCUT2D eigenvalue weighted by Crippen LogP contribution is 2.36. The van der Waals surface area contributed by atoms with E-state index < -0.39 is 41.0 Å². The van der Waals surface area contributed by atoms with Crippen LogP contribution in [0.15, 0.2) is 48.5 Å². The van der Waals surface area contributed by atoms with Crippen LogP contribution in [-0.4, -0.2) is 47.3 Å². The molecule has 1 heterocycles. The van der Waals surface area contributed by atoms with E-state index in [1.165, 1.54) is 4.90 Å². The molecule has 178 valence electrons. The molecule has 0 aliphatic carbocycles. The molecule has 0 spiro atoms. The van der Waals surface area contributed by atoms with Gasteiger partial charge in [0.15, 0.2) is 0 Å². The lowest BCUT2D eigenvalue weighted by Crippen LogP contribution is -2.57. The summed E-state index contributed by atoms with van der Waals surface area (Å²) in [5.41, 5.74) is -2.95. The first-order chi connectivity index (χ1) is 15.4. The van der Waals surface area contributed by atoms with Crippen molar-refractivity contribution in [3.63, 3.8) is 0 Å². The lowest BCUT2D eigenvalue weighted by molar-refractivity contribution is -0.143. The normalized spacial score (nSPS) is 17.2. The highest BCUT2D eigenvalue weighted by Gasteiger charge is 2.39. The summed E-state index contributed by atoms with van der Waals surface area (Å²) >= 11 is 0. The van der Waals surface area contributed by atoms with E-state index in [0.29, 0.717) is 18.6 Å². The molecule has 4 nitrogen and oxygen atoms in total. The van der Waals surface area contributed by atoms with Crippen molar-refractivity contribution in [3.8, 4) is 0 Å². The van der Waals surface area contributed by atoms with Crippen molar-refractivity contribution in [2.45, 2.75) is 38.2 Å². The minimum Gasteiger partial charge on any atom is -0.339 e. The topological polar surface area (TPSA) is 40.6 Å². The first-order valence-corrected chi connectivity index (χ1v) is 10.3. The lowest BCUT2D eigenvalue weighted by Gasteiger charge is -2.41. The number of nitrogens with zero attached hydrogens (tertiary/aromatic N) is 2. The van der Waals surface area contributed by atoms with Crippen molar-refractivity contribution in [3.05, 3.63) is 70.8 Å². The number of carbonyl (C=O) groups excluding carboxylic acids is 2. The average Bonchev–Trinajstić information content (AvgIpc) is 2.77. The maximum absolute atomic E-state index is 13.2. The second-order valence-corrected chi connectivity index (χ2v) is 7.83. The van der Waals surface area contributed by atoms with Crippen LogP contribution in [0, 0.1) is 0 Å². The molecule has 0 N–H and O–H groups in total. The van der Waals surface area contributed by atoms with E-state index >= 15 is 0 Å². The molecule has 0 radical (unpaired) electrons. The van der Waals surface area contributed by atoms with E-state index in [0.717, 1.165) is 5.56 Å². The highest BCUT2D eigenvalue weighted by atomic mass is 19.4. The largest absolute Gasteiger partial charge is 0.416 e. The molecule has 1 aliphatic heterocycles. The molecule has 2 aromatic rings. The Balaban J connectivity index is 1.98. The van der Waals surface area contributed by atoms with Gasteiger partial charge in [-0.25, -0.2) is 0 Å². The quantitative estimate of drug-likeness (QED) is 0.586. The van der Waals surface area contributed by atoms with Gasteiger partial charge in [-0.15, -0.1) is 0 Å². The van der Waals surface area contributed by atoms with E-state index in [1.807, 2.05) is 0 Å². The van der Waals surface area contributed by atoms with E-state index in [4.69, 9.17) is 0 Å². The number of piperazine rings is 1. The zero-order valence-corrected chi connectivity index (χ0v) is 17.7. The van der Waals surface area contributed by atoms with Gasteiger partial charge in [0, 0.05) is 31.6 Å². The molecule has 33 heavy (non-hydrogen) atoms. The van der Waals surface area contributed by atoms with Crippen LogP contribution in [0.25, 0.3) is 0 Å². The molecule has 3 rings (SSSR count). The fraction of sp³-hybridized carbons (Fsp3) is 0.391. The second kappa shape index (κ2) is 9.44. The second-order valence-electron chi connectivity index (χ2n) is 7.83. The Bertz CT molecular complexity index is 972. The van der Waals surface area contributed by atoms with E-state index in [1.54, 1.807) is 42.2 Å². The summed E-state index contributed by atoms with van der Waals surface area (Å²) in [6.45, 7) is 1.97. The summed E-state index contributed by atoms with van der Waals surface area (Å²) in [4.78, 5) is 28.2. The third-order valence-electron chi connectivity index (χ3n) is 5.55. The van der Waals surface area contributed by atoms with Crippen molar-refractivity contribution >= 4 is 11.8 Å². The minimum atomic E-state index is -5.05. The monoisotopic (exact) mass is 472 g/mol. The van der Waals surface area contributed by atoms with Gasteiger partial charge in [0.25, 0.3) is 5.91 Å². The third kappa shape index (κ3) is 5.85. The summed E-state index contributed by atoms with van der Waals surface area (Å²) in [5.74, 6) is -1.07. The lowest BCUT2D eigenvalue weighted by atomic mass is 9.99. The number of carbonyl (C=O) groups is 2. The van der Waals surface area contributed by atoms with Gasteiger partial charge in [-0.1, -0.05) is 37.3 Å². The number of benzene rings is 2. The molecular formula is C23H22F6N2O2. The zero-order chi connectivity index (χ0) is 24.4. The summed E-state index contributed by atoms with van der Waals surface area (Å²) in [6.07, 6.45) is -9.56. The predicted octanol–water partition coefficient (Wildman–Crippen LogP) is 5.03. The van der Waals surface area contributed by atoms with Gasteiger partial charge in [-0.3, -0.25) is 9.59 Å². The van der Waals surface area contributed by atoms with E-state index in [9.17, 15) is 35.9 Å². The molecule has 1 fully saturated rings. The summed E-state index contributed by atoms with van der Waals surface area (Å²) in [5, 5.41) is 0. The van der Waals surface area contributed by atoms with Crippen molar-refractivity contribution in [2.24, 2.45) is 0 Å². The Kier molecular flexibility index (Phi) is 7.04. The SMILES string of the molecule is CCC(=O)N1CCN(C(=O)c2cc(C(F)(F)F)cc(C(F)(F)F)c2)[C@H](Cc2ccccc2)C1. The molecule has 0 aromatic heterocycles. The number of hydrogen-bond acceptors (Lipinski definition) is 2. The number of amides is 2. The van der Waals surface area contributed by atoms with Crippen molar-refractivity contribution < 1.29 is 35.9 Å². The minimum absolute atomic E-state index is 0.000327. The van der Waals surface area contributed by atoms with Crippen LogP contribution >= 0.6 is 0 Å². The number of halogens is 6. The Labute approximate surface area is 186 Å². The molecule has 1 saturated heterocycles. The molecule has 0 saturated carbocycles. The van der Waals surface area contributed by atoms with Crippen LogP contribution in [0.4, 0.5) is 26.3 Å². The van der Waals surface area contributed by atoms with Gasteiger partial charge in [-0.05, 0) is 30.2 Å². The van der Waals surface area contributed by atoms with Crippen molar-refractivity contribution in [1.29, 1.82) is 0 Å². The van der Waals surface area contributed by atoms with Crippen LogP contribution in [0.5, 0.6) is 0 Å². The molecule has 2 aromatic carbocycles. The van der Waals surface area contributed by atoms with Crippen molar-refractivity contribution in [2.75, 3.05) is 19.6 Å². The molecule has 10 heteroatoms. The maximum Gasteiger partial charge on any atom is 0.416 e. The van der Waals surface area contributed by atoms with Gasteiger partial charge in [0.1, 0.15) is 0 Å². The van der Waals surface area contributed by atoms with Crippen LogP contribution in [0.3, 0.4) is 0 Å². The van der Waals surface area contributed by atoms with Gasteiger partial charge >= 0.3 is 12.4 Å². The summed E-state index contributed by atoms with van der Waals surface area (Å²) < 4.78 is 79.5. The van der Waals surface area contributed by atoms with Gasteiger partial charge in [0.2, 0.25) is 5.91 Å². The Morgan fingerprint density at radius 2 is 1.48 bits per heavy atom. The molecule has 0 bridgehead atoms. The van der Waals surface area contributed by atoms with Crippen LogP contribution < -0.4 is 0 Å². The van der Waals surface area contributed by atoms with Crippen LogP contribution in [-0.2, 0) is 23.6 Å². The first kappa shape index (κ1) is 24.6. The fourth-order valence-electron chi connectivity index (χ4n) is 3.88. The Morgan fingerprint density at radius 1 is 0.909 bits per heavy atom. The van der Waals surface area contributed by atoms with Gasteiger partial charge in [0.05, 0.1) is 17.2 Å². The zero-order valence-electron chi connectivity index (χ0n) is 17.7. The average molecular weight is 472 g/mol. The van der Waals surface area contributed by atoms with Crippen LogP contribution in [0.2, 0.25) is 0 Å². The summed E-state index contributed by atoms with van der Waals surface area (Å²) in [7, 11) is 0. The third-order valence-corrected chi connectivity index (χ3v) is 5.55. The maximum atomic E-state index is 13.2. The molecule has 2 amide bonds. The number of hydrogen-bond donors (Lipinski definition) is 0.